The summed E-state index contributed by atoms with van der Waals surface area (Å²) in [4.78, 5) is 2.68. The maximum Gasteiger partial charge on any atom is 0.245 e. The number of halogens is 2. The van der Waals surface area contributed by atoms with Crippen molar-refractivity contribution in [2.45, 2.75) is 55.9 Å². The molecule has 7 heteroatoms. The van der Waals surface area contributed by atoms with E-state index in [1.165, 1.54) is 32.1 Å². The molecule has 0 saturated heterocycles. The van der Waals surface area contributed by atoms with E-state index in [2.05, 4.69) is 20.8 Å². The fourth-order valence-electron chi connectivity index (χ4n) is 4.49. The Morgan fingerprint density at radius 3 is 2.50 bits per heavy atom. The van der Waals surface area contributed by atoms with Crippen LogP contribution in [0.2, 0.25) is 5.02 Å². The molecule has 144 valence electrons. The lowest BCUT2D eigenvalue weighted by atomic mass is 9.83. The third kappa shape index (κ3) is 3.54. The zero-order valence-electron chi connectivity index (χ0n) is 15.1. The molecule has 0 bridgehead atoms. The summed E-state index contributed by atoms with van der Waals surface area (Å²) in [6, 6.07) is 3.55. The average Bonchev–Trinajstić information content (AvgIpc) is 3.44. The zero-order chi connectivity index (χ0) is 18.5. The van der Waals surface area contributed by atoms with Crippen molar-refractivity contribution < 1.29 is 8.42 Å². The van der Waals surface area contributed by atoms with Gasteiger partial charge in [0.15, 0.2) is 0 Å². The average molecular weight is 462 g/mol. The second-order valence-corrected chi connectivity index (χ2v) is 11.3. The summed E-state index contributed by atoms with van der Waals surface area (Å²) in [7, 11) is -1.77. The molecular formula is C19H26BrClN2O2S. The standard InChI is InChI=1S/C19H26BrClN2O2S/c1-22-18(14-5-3-2-4-6-14)12-23(11-13-7-8-13)17-10-16(21)15(20)9-19(17)26(22,24)25/h9-10,13-14,18H,2-8,11-12H2,1H3/t18-/m0/s1. The predicted octanol–water partition coefficient (Wildman–Crippen LogP) is 4.90. The van der Waals surface area contributed by atoms with Crippen LogP contribution in [0.5, 0.6) is 0 Å². The molecule has 3 aliphatic rings. The molecule has 0 radical (unpaired) electrons. The number of rotatable bonds is 3. The molecule has 0 unspecified atom stereocenters. The molecule has 2 fully saturated rings. The summed E-state index contributed by atoms with van der Waals surface area (Å²) in [5.41, 5.74) is 0.773. The van der Waals surface area contributed by atoms with E-state index in [1.54, 1.807) is 17.4 Å². The number of sulfonamides is 1. The maximum absolute atomic E-state index is 13.4. The van der Waals surface area contributed by atoms with Gasteiger partial charge in [0, 0.05) is 30.7 Å². The van der Waals surface area contributed by atoms with E-state index in [1.807, 2.05) is 6.07 Å². The van der Waals surface area contributed by atoms with Crippen LogP contribution in [0.15, 0.2) is 21.5 Å². The van der Waals surface area contributed by atoms with Crippen LogP contribution in [0.1, 0.15) is 44.9 Å². The number of hydrogen-bond donors (Lipinski definition) is 0. The largest absolute Gasteiger partial charge is 0.368 e. The first kappa shape index (κ1) is 19.0. The van der Waals surface area contributed by atoms with E-state index >= 15 is 0 Å². The van der Waals surface area contributed by atoms with Crippen LogP contribution in [-0.2, 0) is 10.0 Å². The Balaban J connectivity index is 1.79. The van der Waals surface area contributed by atoms with Crippen molar-refractivity contribution in [1.29, 1.82) is 0 Å². The summed E-state index contributed by atoms with van der Waals surface area (Å²) in [6.45, 7) is 1.69. The van der Waals surface area contributed by atoms with E-state index in [4.69, 9.17) is 11.6 Å². The quantitative estimate of drug-likeness (QED) is 0.642. The van der Waals surface area contributed by atoms with Crippen molar-refractivity contribution in [3.8, 4) is 0 Å². The molecule has 1 aromatic carbocycles. The van der Waals surface area contributed by atoms with Crippen molar-refractivity contribution in [3.63, 3.8) is 0 Å². The number of likely N-dealkylation sites (N-methyl/N-ethyl adjacent to an activating group) is 1. The third-order valence-electron chi connectivity index (χ3n) is 6.24. The van der Waals surface area contributed by atoms with Crippen LogP contribution in [0.3, 0.4) is 0 Å². The van der Waals surface area contributed by atoms with Crippen LogP contribution >= 0.6 is 27.5 Å². The van der Waals surface area contributed by atoms with Gasteiger partial charge >= 0.3 is 0 Å². The number of hydrogen-bond acceptors (Lipinski definition) is 3. The molecule has 26 heavy (non-hydrogen) atoms. The van der Waals surface area contributed by atoms with E-state index in [-0.39, 0.29) is 6.04 Å². The first-order valence-electron chi connectivity index (χ1n) is 9.60. The van der Waals surface area contributed by atoms with Gasteiger partial charge < -0.3 is 4.90 Å². The van der Waals surface area contributed by atoms with Gasteiger partial charge in [0.1, 0.15) is 4.90 Å². The Morgan fingerprint density at radius 1 is 1.15 bits per heavy atom. The van der Waals surface area contributed by atoms with Crippen LogP contribution in [0.25, 0.3) is 0 Å². The van der Waals surface area contributed by atoms with E-state index in [9.17, 15) is 8.42 Å². The molecular weight excluding hydrogens is 436 g/mol. The van der Waals surface area contributed by atoms with Gasteiger partial charge in [-0.3, -0.25) is 0 Å². The van der Waals surface area contributed by atoms with Crippen molar-refractivity contribution in [2.75, 3.05) is 25.0 Å². The molecule has 1 atom stereocenters. The molecule has 0 aromatic heterocycles. The smallest absolute Gasteiger partial charge is 0.245 e. The van der Waals surface area contributed by atoms with Gasteiger partial charge in [-0.1, -0.05) is 30.9 Å². The summed E-state index contributed by atoms with van der Waals surface area (Å²) >= 11 is 9.76. The Hall–Kier alpha value is -0.300. The second-order valence-electron chi connectivity index (χ2n) is 8.07. The minimum atomic E-state index is -3.54. The Kier molecular flexibility index (Phi) is 5.32. The highest BCUT2D eigenvalue weighted by Gasteiger charge is 2.41. The van der Waals surface area contributed by atoms with Crippen molar-refractivity contribution in [3.05, 3.63) is 21.6 Å². The fraction of sp³-hybridized carbons (Fsp3) is 0.684. The lowest BCUT2D eigenvalue weighted by Crippen LogP contribution is -2.47. The van der Waals surface area contributed by atoms with Crippen LogP contribution < -0.4 is 4.90 Å². The third-order valence-corrected chi connectivity index (χ3v) is 9.35. The number of nitrogens with zero attached hydrogens (tertiary/aromatic N) is 2. The Labute approximate surface area is 170 Å². The minimum absolute atomic E-state index is 0.0315. The Bertz CT molecular complexity index is 791. The molecule has 4 rings (SSSR count). The van der Waals surface area contributed by atoms with Gasteiger partial charge in [0.05, 0.1) is 10.7 Å². The monoisotopic (exact) mass is 460 g/mol. The molecule has 1 aromatic rings. The molecule has 4 nitrogen and oxygen atoms in total. The van der Waals surface area contributed by atoms with Crippen LogP contribution in [-0.4, -0.2) is 38.9 Å². The van der Waals surface area contributed by atoms with Crippen molar-refractivity contribution in [2.24, 2.45) is 11.8 Å². The number of benzene rings is 1. The van der Waals surface area contributed by atoms with Gasteiger partial charge in [-0.05, 0) is 65.6 Å². The second kappa shape index (κ2) is 7.26. The van der Waals surface area contributed by atoms with E-state index < -0.39 is 10.0 Å². The fourth-order valence-corrected chi connectivity index (χ4v) is 6.77. The minimum Gasteiger partial charge on any atom is -0.368 e. The lowest BCUT2D eigenvalue weighted by molar-refractivity contribution is 0.216. The van der Waals surface area contributed by atoms with Gasteiger partial charge in [-0.25, -0.2) is 8.42 Å². The number of anilines is 1. The normalized spacial score (nSPS) is 27.2. The van der Waals surface area contributed by atoms with E-state index in [0.717, 1.165) is 31.6 Å². The first-order chi connectivity index (χ1) is 12.4. The van der Waals surface area contributed by atoms with Crippen molar-refractivity contribution >= 4 is 43.2 Å². The topological polar surface area (TPSA) is 40.6 Å². The lowest BCUT2D eigenvalue weighted by Gasteiger charge is -2.37. The molecule has 2 aliphatic carbocycles. The maximum atomic E-state index is 13.4. The molecule has 2 saturated carbocycles. The summed E-state index contributed by atoms with van der Waals surface area (Å²) < 4.78 is 29.1. The molecule has 0 spiro atoms. The number of fused-ring (bicyclic) bond motifs is 1. The van der Waals surface area contributed by atoms with Gasteiger partial charge in [-0.2, -0.15) is 4.31 Å². The van der Waals surface area contributed by atoms with Gasteiger partial charge in [0.2, 0.25) is 10.0 Å². The highest BCUT2D eigenvalue weighted by Crippen LogP contribution is 2.42. The van der Waals surface area contributed by atoms with E-state index in [0.29, 0.717) is 26.2 Å². The van der Waals surface area contributed by atoms with Gasteiger partial charge in [0.25, 0.3) is 0 Å². The van der Waals surface area contributed by atoms with Crippen molar-refractivity contribution in [1.82, 2.24) is 4.31 Å². The SMILES string of the molecule is CN1[C@H](C2CCCCC2)CN(CC2CC2)c2cc(Cl)c(Br)cc2S1(=O)=O. The summed E-state index contributed by atoms with van der Waals surface area (Å²) in [5.74, 6) is 1.13. The predicted molar refractivity (Wildman–Crippen MR) is 109 cm³/mol. The summed E-state index contributed by atoms with van der Waals surface area (Å²) in [6.07, 6.45) is 8.43. The molecule has 1 aliphatic heterocycles. The molecule has 0 amide bonds. The Morgan fingerprint density at radius 2 is 1.85 bits per heavy atom. The van der Waals surface area contributed by atoms with Crippen LogP contribution in [0, 0.1) is 11.8 Å². The first-order valence-corrected chi connectivity index (χ1v) is 12.2. The zero-order valence-corrected chi connectivity index (χ0v) is 18.3. The molecule has 1 heterocycles. The van der Waals surface area contributed by atoms with Gasteiger partial charge in [-0.15, -0.1) is 0 Å². The highest BCUT2D eigenvalue weighted by molar-refractivity contribution is 9.10. The summed E-state index contributed by atoms with van der Waals surface area (Å²) in [5, 5.41) is 0.568. The van der Waals surface area contributed by atoms with Crippen LogP contribution in [0.4, 0.5) is 5.69 Å². The highest BCUT2D eigenvalue weighted by atomic mass is 79.9. The molecule has 0 N–H and O–H groups in total.